The van der Waals surface area contributed by atoms with Crippen LogP contribution in [0.2, 0.25) is 5.02 Å². The maximum absolute atomic E-state index is 12.6. The van der Waals surface area contributed by atoms with Crippen LogP contribution >= 0.6 is 11.6 Å². The monoisotopic (exact) mass is 363 g/mol. The number of esters is 2. The van der Waals surface area contributed by atoms with E-state index in [2.05, 4.69) is 11.9 Å². The van der Waals surface area contributed by atoms with Crippen LogP contribution in [0.4, 0.5) is 0 Å². The molecule has 0 spiro atoms. The predicted molar refractivity (Wildman–Crippen MR) is 95.9 cm³/mol. The molecule has 2 atom stereocenters. The minimum absolute atomic E-state index is 0.238. The lowest BCUT2D eigenvalue weighted by atomic mass is 9.75. The summed E-state index contributed by atoms with van der Waals surface area (Å²) in [6.45, 7) is 9.66. The quantitative estimate of drug-likeness (QED) is 0.810. The molecule has 5 nitrogen and oxygen atoms in total. The van der Waals surface area contributed by atoms with Crippen LogP contribution in [-0.4, -0.2) is 25.2 Å². The number of rotatable bonds is 5. The number of carbonyl (C=O) groups is 2. The highest BCUT2D eigenvalue weighted by Gasteiger charge is 2.42. The van der Waals surface area contributed by atoms with Crippen LogP contribution in [0.15, 0.2) is 47.8 Å². The molecule has 0 aliphatic carbocycles. The lowest BCUT2D eigenvalue weighted by molar-refractivity contribution is -0.147. The molecule has 2 rings (SSSR count). The summed E-state index contributed by atoms with van der Waals surface area (Å²) in [7, 11) is 0. The highest BCUT2D eigenvalue weighted by molar-refractivity contribution is 6.30. The molecule has 1 aromatic rings. The van der Waals surface area contributed by atoms with Crippen LogP contribution in [0.25, 0.3) is 0 Å². The van der Waals surface area contributed by atoms with Gasteiger partial charge in [0.2, 0.25) is 0 Å². The summed E-state index contributed by atoms with van der Waals surface area (Å²) in [6.07, 6.45) is 0. The molecular weight excluding hydrogens is 342 g/mol. The Bertz CT molecular complexity index is 726. The van der Waals surface area contributed by atoms with Crippen molar-refractivity contribution < 1.29 is 19.1 Å². The van der Waals surface area contributed by atoms with Gasteiger partial charge in [0, 0.05) is 22.3 Å². The number of allylic oxidation sites excluding steroid dienone is 1. The zero-order valence-electron chi connectivity index (χ0n) is 14.6. The maximum atomic E-state index is 12.6. The highest BCUT2D eigenvalue weighted by atomic mass is 35.5. The molecule has 0 amide bonds. The Labute approximate surface area is 152 Å². The number of halogens is 1. The van der Waals surface area contributed by atoms with E-state index in [-0.39, 0.29) is 13.2 Å². The van der Waals surface area contributed by atoms with Gasteiger partial charge in [-0.25, -0.2) is 4.79 Å². The summed E-state index contributed by atoms with van der Waals surface area (Å²) in [6, 6.07) is 7.08. The zero-order chi connectivity index (χ0) is 18.6. The fourth-order valence-corrected chi connectivity index (χ4v) is 3.24. The van der Waals surface area contributed by atoms with Crippen molar-refractivity contribution in [1.82, 2.24) is 5.32 Å². The fourth-order valence-electron chi connectivity index (χ4n) is 3.05. The molecule has 1 aliphatic heterocycles. The molecule has 0 saturated carbocycles. The van der Waals surface area contributed by atoms with E-state index in [1.807, 2.05) is 6.07 Å². The number of nitrogens with one attached hydrogen (secondary N) is 1. The van der Waals surface area contributed by atoms with Gasteiger partial charge in [0.1, 0.15) is 5.92 Å². The van der Waals surface area contributed by atoms with E-state index in [4.69, 9.17) is 21.1 Å². The SMILES string of the molecule is C=C1NC(C)=C(C(=O)OCC)C(c2cccc(Cl)c2)C1C(=O)OCC. The summed E-state index contributed by atoms with van der Waals surface area (Å²) >= 11 is 6.13. The molecule has 0 aromatic heterocycles. The minimum atomic E-state index is -0.749. The minimum Gasteiger partial charge on any atom is -0.465 e. The van der Waals surface area contributed by atoms with E-state index in [0.29, 0.717) is 22.0 Å². The first-order valence-corrected chi connectivity index (χ1v) is 8.54. The molecule has 0 fully saturated rings. The third-order valence-corrected chi connectivity index (χ3v) is 4.25. The largest absolute Gasteiger partial charge is 0.465 e. The molecule has 6 heteroatoms. The van der Waals surface area contributed by atoms with Crippen molar-refractivity contribution >= 4 is 23.5 Å². The molecule has 1 aromatic carbocycles. The standard InChI is InChI=1S/C19H22ClNO4/c1-5-24-18(22)15-11(3)21-12(4)16(19(23)25-6-2)17(15)13-8-7-9-14(20)10-13/h7-10,15,17,21H,3,5-6H2,1-2,4H3. The molecule has 25 heavy (non-hydrogen) atoms. The normalized spacial score (nSPS) is 20.1. The average molecular weight is 364 g/mol. The topological polar surface area (TPSA) is 64.6 Å². The van der Waals surface area contributed by atoms with Crippen molar-refractivity contribution in [3.8, 4) is 0 Å². The Morgan fingerprint density at radius 1 is 1.24 bits per heavy atom. The number of hydrogen-bond acceptors (Lipinski definition) is 5. The fraction of sp³-hybridized carbons (Fsp3) is 0.368. The van der Waals surface area contributed by atoms with Crippen LogP contribution < -0.4 is 5.32 Å². The summed E-state index contributed by atoms with van der Waals surface area (Å²) in [4.78, 5) is 25.2. The molecular formula is C19H22ClNO4. The van der Waals surface area contributed by atoms with Gasteiger partial charge in [-0.1, -0.05) is 30.3 Å². The summed E-state index contributed by atoms with van der Waals surface area (Å²) in [5.74, 6) is -2.24. The van der Waals surface area contributed by atoms with Crippen LogP contribution in [0, 0.1) is 5.92 Å². The van der Waals surface area contributed by atoms with E-state index in [0.717, 1.165) is 5.56 Å². The first-order chi connectivity index (χ1) is 11.9. The van der Waals surface area contributed by atoms with Gasteiger partial charge in [-0.2, -0.15) is 0 Å². The van der Waals surface area contributed by atoms with Gasteiger partial charge in [-0.15, -0.1) is 0 Å². The van der Waals surface area contributed by atoms with Crippen molar-refractivity contribution in [3.05, 3.63) is 58.4 Å². The van der Waals surface area contributed by atoms with Gasteiger partial charge < -0.3 is 14.8 Å². The second-order valence-electron chi connectivity index (χ2n) is 5.67. The summed E-state index contributed by atoms with van der Waals surface area (Å²) in [5, 5.41) is 3.54. The van der Waals surface area contributed by atoms with Crippen LogP contribution in [0.3, 0.4) is 0 Å². The highest BCUT2D eigenvalue weighted by Crippen LogP contribution is 2.41. The van der Waals surface area contributed by atoms with E-state index < -0.39 is 23.8 Å². The molecule has 0 saturated heterocycles. The van der Waals surface area contributed by atoms with E-state index in [9.17, 15) is 9.59 Å². The number of hydrogen-bond donors (Lipinski definition) is 1. The molecule has 1 N–H and O–H groups in total. The smallest absolute Gasteiger partial charge is 0.336 e. The van der Waals surface area contributed by atoms with Crippen LogP contribution in [0.5, 0.6) is 0 Å². The van der Waals surface area contributed by atoms with E-state index in [1.54, 1.807) is 39.0 Å². The Hall–Kier alpha value is -2.27. The van der Waals surface area contributed by atoms with Crippen molar-refractivity contribution in [1.29, 1.82) is 0 Å². The lowest BCUT2D eigenvalue weighted by Gasteiger charge is -2.35. The summed E-state index contributed by atoms with van der Waals surface area (Å²) < 4.78 is 10.4. The molecule has 134 valence electrons. The van der Waals surface area contributed by atoms with Gasteiger partial charge in [-0.05, 0) is 38.5 Å². The zero-order valence-corrected chi connectivity index (χ0v) is 15.4. The van der Waals surface area contributed by atoms with Crippen molar-refractivity contribution in [2.45, 2.75) is 26.7 Å². The van der Waals surface area contributed by atoms with Crippen molar-refractivity contribution in [3.63, 3.8) is 0 Å². The molecule has 1 heterocycles. The number of ether oxygens (including phenoxy) is 2. The second kappa shape index (κ2) is 8.21. The van der Waals surface area contributed by atoms with E-state index >= 15 is 0 Å². The van der Waals surface area contributed by atoms with Gasteiger partial charge in [0.25, 0.3) is 0 Å². The van der Waals surface area contributed by atoms with Gasteiger partial charge in [-0.3, -0.25) is 4.79 Å². The summed E-state index contributed by atoms with van der Waals surface area (Å²) in [5.41, 5.74) is 2.20. The molecule has 1 aliphatic rings. The third-order valence-electron chi connectivity index (χ3n) is 4.02. The predicted octanol–water partition coefficient (Wildman–Crippen LogP) is 3.56. The van der Waals surface area contributed by atoms with Gasteiger partial charge in [0.05, 0.1) is 18.8 Å². The molecule has 2 unspecified atom stereocenters. The Morgan fingerprint density at radius 2 is 1.92 bits per heavy atom. The maximum Gasteiger partial charge on any atom is 0.336 e. The Balaban J connectivity index is 2.61. The van der Waals surface area contributed by atoms with Crippen molar-refractivity contribution in [2.24, 2.45) is 5.92 Å². The van der Waals surface area contributed by atoms with Crippen LogP contribution in [0.1, 0.15) is 32.3 Å². The first kappa shape index (κ1) is 19.1. The average Bonchev–Trinajstić information content (AvgIpc) is 2.54. The Kier molecular flexibility index (Phi) is 6.26. The number of carbonyl (C=O) groups excluding carboxylic acids is 2. The van der Waals surface area contributed by atoms with Crippen LogP contribution in [-0.2, 0) is 19.1 Å². The van der Waals surface area contributed by atoms with Crippen molar-refractivity contribution in [2.75, 3.05) is 13.2 Å². The first-order valence-electron chi connectivity index (χ1n) is 8.16. The van der Waals surface area contributed by atoms with Gasteiger partial charge >= 0.3 is 11.9 Å². The second-order valence-corrected chi connectivity index (χ2v) is 6.11. The third kappa shape index (κ3) is 4.04. The molecule has 0 bridgehead atoms. The molecule has 0 radical (unpaired) electrons. The lowest BCUT2D eigenvalue weighted by Crippen LogP contribution is -2.39. The van der Waals surface area contributed by atoms with E-state index in [1.165, 1.54) is 0 Å². The number of benzene rings is 1. The van der Waals surface area contributed by atoms with Gasteiger partial charge in [0.15, 0.2) is 0 Å². The Morgan fingerprint density at radius 3 is 2.52 bits per heavy atom.